The number of H-pyrrole nitrogens is 3. The first kappa shape index (κ1) is 69.3. The molecule has 0 saturated carbocycles. The number of aryl methyl sites for hydroxylation is 3. The molecule has 11 heterocycles. The van der Waals surface area contributed by atoms with E-state index in [9.17, 15) is 36.3 Å². The summed E-state index contributed by atoms with van der Waals surface area (Å²) in [5.41, 5.74) is 8.66. The molecular formula is C77H91F5N12O4. The Bertz CT molecular complexity index is 5040. The molecule has 3 aliphatic rings. The first-order valence-corrected chi connectivity index (χ1v) is 34.7. The number of likely N-dealkylation sites (tertiary alicyclic amines) is 3. The number of hydrogen-bond donors (Lipinski definition) is 3. The maximum absolute atomic E-state index is 13.9. The highest BCUT2D eigenvalue weighted by Crippen LogP contribution is 2.39. The Morgan fingerprint density at radius 3 is 1.38 bits per heavy atom. The van der Waals surface area contributed by atoms with Crippen LogP contribution in [0.3, 0.4) is 0 Å². The summed E-state index contributed by atoms with van der Waals surface area (Å²) in [6.45, 7) is 22.9. The topological polar surface area (TPSA) is 153 Å². The van der Waals surface area contributed by atoms with Crippen LogP contribution >= 0.6 is 0 Å². The van der Waals surface area contributed by atoms with Gasteiger partial charge < -0.3 is 42.9 Å². The van der Waals surface area contributed by atoms with Crippen LogP contribution in [0.2, 0.25) is 0 Å². The number of hydrogen-bond acceptors (Lipinski definition) is 9. The quantitative estimate of drug-likeness (QED) is 0.0756. The monoisotopic (exact) mass is 1340 g/mol. The van der Waals surface area contributed by atoms with E-state index in [0.29, 0.717) is 40.6 Å². The summed E-state index contributed by atoms with van der Waals surface area (Å²) in [7, 11) is 5.74. The zero-order valence-electron chi connectivity index (χ0n) is 57.8. The molecule has 3 saturated heterocycles. The Kier molecular flexibility index (Phi) is 20.8. The van der Waals surface area contributed by atoms with E-state index >= 15 is 0 Å². The highest BCUT2D eigenvalue weighted by Gasteiger charge is 2.36. The number of fused-ring (bicyclic) bond motifs is 12. The van der Waals surface area contributed by atoms with Crippen LogP contribution in [0.4, 0.5) is 22.0 Å². The van der Waals surface area contributed by atoms with Gasteiger partial charge in [-0.05, 0) is 194 Å². The second-order valence-electron chi connectivity index (χ2n) is 27.5. The van der Waals surface area contributed by atoms with E-state index in [4.69, 9.17) is 4.74 Å². The number of nitrogens with zero attached hydrogens (tertiary/aromatic N) is 9. The zero-order chi connectivity index (χ0) is 69.3. The van der Waals surface area contributed by atoms with Crippen LogP contribution in [0, 0.1) is 32.7 Å². The molecule has 98 heavy (non-hydrogen) atoms. The molecule has 3 unspecified atom stereocenters. The molecule has 0 bridgehead atoms. The number of rotatable bonds is 13. The lowest BCUT2D eigenvalue weighted by Gasteiger charge is -2.33. The van der Waals surface area contributed by atoms with Gasteiger partial charge in [0.15, 0.2) is 22.2 Å². The lowest BCUT2D eigenvalue weighted by atomic mass is 10.1. The predicted molar refractivity (Wildman–Crippen MR) is 386 cm³/mol. The zero-order valence-corrected chi connectivity index (χ0v) is 57.8. The molecule has 16 nitrogen and oxygen atoms in total. The minimum Gasteiger partial charge on any atom is -0.497 e. The van der Waals surface area contributed by atoms with E-state index in [2.05, 4.69) is 80.1 Å². The first-order chi connectivity index (χ1) is 47.1. The number of piperidine rings is 3. The Morgan fingerprint density at radius 1 is 0.490 bits per heavy atom. The molecule has 518 valence electrons. The molecule has 21 heteroatoms. The second-order valence-corrected chi connectivity index (χ2v) is 27.5. The van der Waals surface area contributed by atoms with Crippen LogP contribution in [0.1, 0.15) is 101 Å². The third kappa shape index (κ3) is 14.5. The molecule has 8 aromatic heterocycles. The molecular weight excluding hydrogens is 1250 g/mol. The van der Waals surface area contributed by atoms with Gasteiger partial charge in [0.25, 0.3) is 0 Å². The van der Waals surface area contributed by atoms with E-state index in [0.717, 1.165) is 131 Å². The van der Waals surface area contributed by atoms with E-state index in [1.54, 1.807) is 48.1 Å². The SMILES string of the molecule is CC(Cn1c2cc(=O)ccc2c2cc[nH]c(C(F)(F)F)c21)N1CCCCC1.COc1ccc2c3cc(F)nc(C)c3n(CCN(C)C)c2c1.Cc1[nH]c(F)cc2c3ccc(=O)cc3n(CC(C)N3CCCCC3)c12.Cc1[nH]ccc2c3ccc(=O)cc3n(CC(C)N3CCCCC3)c12. The Morgan fingerprint density at radius 2 is 0.908 bits per heavy atom. The van der Waals surface area contributed by atoms with Gasteiger partial charge in [0, 0.05) is 154 Å². The third-order valence-electron chi connectivity index (χ3n) is 20.4. The second kappa shape index (κ2) is 29.4. The van der Waals surface area contributed by atoms with Crippen molar-refractivity contribution in [3.8, 4) is 5.75 Å². The maximum Gasteiger partial charge on any atom is 0.433 e. The summed E-state index contributed by atoms with van der Waals surface area (Å²) in [6, 6.07) is 28.6. The number of halogens is 5. The molecule has 0 radical (unpaired) electrons. The molecule has 4 aromatic carbocycles. The number of aromatic nitrogens is 8. The van der Waals surface area contributed by atoms with Crippen molar-refractivity contribution >= 4 is 87.2 Å². The van der Waals surface area contributed by atoms with Gasteiger partial charge in [-0.2, -0.15) is 22.0 Å². The third-order valence-corrected chi connectivity index (χ3v) is 20.4. The highest BCUT2D eigenvalue weighted by atomic mass is 19.4. The number of methoxy groups -OCH3 is 1. The minimum atomic E-state index is -4.50. The standard InChI is InChI=1S/C20H22F3N3O.C20H24FN3O.C20H25N3O.C17H20FN3O/c1-13(25-9-3-2-4-10-25)12-26-17-11-14(27)5-6-15(17)16-7-8-24-19(18(16)26)20(21,22)23;1-13(23-8-4-3-5-9-23)12-24-18-10-15(25)6-7-16(18)17-11-19(21)22-14(2)20(17)24;1-14(22-10-4-3-5-11-22)13-23-19-12-16(24)6-7-17(19)18-8-9-21-15(2)20(18)23;1-11-17-14(10-16(18)19-11)13-6-5-12(22-4)9-15(13)21(17)8-7-20(2)3/h5-8,11,13,24H,2-4,9-10,12H2,1H3;6-7,10-11,13,22H,3-5,8-9,12H2,1-2H3;6-9,12,14,21H,3-5,10-11,13H2,1-2H3;5-6,9-10H,7-8H2,1-4H3. The van der Waals surface area contributed by atoms with Gasteiger partial charge in [0.2, 0.25) is 5.95 Å². The molecule has 0 spiro atoms. The largest absolute Gasteiger partial charge is 0.497 e. The number of nitrogens with one attached hydrogen (secondary N) is 3. The normalized spacial score (nSPS) is 16.2. The summed E-state index contributed by atoms with van der Waals surface area (Å²) in [5, 5.41) is 7.34. The van der Waals surface area contributed by atoms with Gasteiger partial charge in [-0.3, -0.25) is 29.1 Å². The first-order valence-electron chi connectivity index (χ1n) is 34.7. The van der Waals surface area contributed by atoms with E-state index in [-0.39, 0.29) is 33.8 Å². The van der Waals surface area contributed by atoms with Crippen LogP contribution in [-0.2, 0) is 32.4 Å². The smallest absolute Gasteiger partial charge is 0.433 e. The fourth-order valence-corrected chi connectivity index (χ4v) is 15.5. The molecule has 3 fully saturated rings. The summed E-state index contributed by atoms with van der Waals surface area (Å²) in [6.07, 6.45) is 10.00. The highest BCUT2D eigenvalue weighted by molar-refractivity contribution is 6.11. The van der Waals surface area contributed by atoms with Gasteiger partial charge in [0.1, 0.15) is 11.4 Å². The van der Waals surface area contributed by atoms with Crippen molar-refractivity contribution in [3.05, 3.63) is 175 Å². The van der Waals surface area contributed by atoms with Gasteiger partial charge in [-0.15, -0.1) is 0 Å². The van der Waals surface area contributed by atoms with Gasteiger partial charge in [-0.25, -0.2) is 4.98 Å². The fraction of sp³-hybridized carbons (Fsp3) is 0.429. The summed E-state index contributed by atoms with van der Waals surface area (Å²) >= 11 is 0. The number of pyridine rings is 4. The van der Waals surface area contributed by atoms with Crippen molar-refractivity contribution in [2.45, 2.75) is 150 Å². The Labute approximate surface area is 566 Å². The number of likely N-dealkylation sites (N-methyl/N-ethyl adjacent to an activating group) is 1. The summed E-state index contributed by atoms with van der Waals surface area (Å²) < 4.78 is 82.5. The van der Waals surface area contributed by atoms with Gasteiger partial charge in [-0.1, -0.05) is 19.3 Å². The van der Waals surface area contributed by atoms with Gasteiger partial charge >= 0.3 is 6.18 Å². The van der Waals surface area contributed by atoms with Crippen molar-refractivity contribution in [3.63, 3.8) is 0 Å². The number of benzene rings is 4. The number of alkyl halides is 3. The molecule has 3 aliphatic heterocycles. The molecule has 0 amide bonds. The van der Waals surface area contributed by atoms with Crippen LogP contribution in [0.15, 0.2) is 124 Å². The van der Waals surface area contributed by atoms with Crippen LogP contribution in [-0.4, -0.2) is 143 Å². The molecule has 15 rings (SSSR count). The predicted octanol–water partition coefficient (Wildman–Crippen LogP) is 15.1. The molecule has 3 atom stereocenters. The molecule has 3 N–H and O–H groups in total. The van der Waals surface area contributed by atoms with E-state index in [1.807, 2.05) is 71.4 Å². The van der Waals surface area contributed by atoms with Crippen molar-refractivity contribution in [1.29, 1.82) is 0 Å². The lowest BCUT2D eigenvalue weighted by Crippen LogP contribution is -2.39. The Hall–Kier alpha value is -8.63. The molecule has 0 aliphatic carbocycles. The average molecular weight is 1340 g/mol. The van der Waals surface area contributed by atoms with Crippen molar-refractivity contribution in [2.75, 3.05) is 67.0 Å². The maximum atomic E-state index is 13.9. The summed E-state index contributed by atoms with van der Waals surface area (Å²) in [5.74, 6) is 0.0132. The Balaban J connectivity index is 0.000000125. The van der Waals surface area contributed by atoms with E-state index < -0.39 is 17.8 Å². The van der Waals surface area contributed by atoms with Crippen molar-refractivity contribution < 1.29 is 26.7 Å². The van der Waals surface area contributed by atoms with Crippen LogP contribution in [0.5, 0.6) is 5.75 Å². The van der Waals surface area contributed by atoms with Crippen LogP contribution < -0.4 is 21.0 Å². The van der Waals surface area contributed by atoms with E-state index in [1.165, 1.54) is 105 Å². The lowest BCUT2D eigenvalue weighted by molar-refractivity contribution is -0.140. The van der Waals surface area contributed by atoms with Gasteiger partial charge in [0.05, 0.1) is 56.9 Å². The van der Waals surface area contributed by atoms with Crippen molar-refractivity contribution in [2.24, 2.45) is 0 Å². The van der Waals surface area contributed by atoms with Crippen molar-refractivity contribution in [1.82, 2.24) is 57.8 Å². The molecule has 12 aromatic rings. The fourth-order valence-electron chi connectivity index (χ4n) is 15.5. The average Bonchev–Trinajstić information content (AvgIpc) is 1.63. The number of aromatic amines is 3. The summed E-state index contributed by atoms with van der Waals surface area (Å²) in [4.78, 5) is 57.9. The minimum absolute atomic E-state index is 0.00992. The van der Waals surface area contributed by atoms with Crippen LogP contribution in [0.25, 0.3) is 87.2 Å². The number of ether oxygens (including phenoxy) is 1.